The SMILES string of the molecule is CC(Cn1ccnc1)Nc1ncccc1C(F)(F)F. The van der Waals surface area contributed by atoms with Gasteiger partial charge in [-0.05, 0) is 19.1 Å². The largest absolute Gasteiger partial charge is 0.419 e. The minimum absolute atomic E-state index is 0.150. The van der Waals surface area contributed by atoms with Gasteiger partial charge in [0.25, 0.3) is 0 Å². The fourth-order valence-corrected chi connectivity index (χ4v) is 1.74. The number of alkyl halides is 3. The monoisotopic (exact) mass is 270 g/mol. The Morgan fingerprint density at radius 3 is 2.79 bits per heavy atom. The van der Waals surface area contributed by atoms with Crippen LogP contribution in [-0.4, -0.2) is 20.6 Å². The van der Waals surface area contributed by atoms with E-state index in [1.807, 2.05) is 0 Å². The zero-order valence-electron chi connectivity index (χ0n) is 10.2. The maximum absolute atomic E-state index is 12.8. The molecule has 0 aliphatic rings. The van der Waals surface area contributed by atoms with Crippen LogP contribution in [0.25, 0.3) is 0 Å². The van der Waals surface area contributed by atoms with E-state index >= 15 is 0 Å². The van der Waals surface area contributed by atoms with Crippen LogP contribution >= 0.6 is 0 Å². The molecule has 1 N–H and O–H groups in total. The lowest BCUT2D eigenvalue weighted by atomic mass is 10.2. The molecule has 2 heterocycles. The number of imidazole rings is 1. The molecule has 0 aliphatic carbocycles. The summed E-state index contributed by atoms with van der Waals surface area (Å²) in [5.74, 6) is -0.150. The number of hydrogen-bond acceptors (Lipinski definition) is 3. The van der Waals surface area contributed by atoms with Gasteiger partial charge in [0.1, 0.15) is 5.82 Å². The number of hydrogen-bond donors (Lipinski definition) is 1. The molecule has 0 spiro atoms. The van der Waals surface area contributed by atoms with E-state index in [-0.39, 0.29) is 11.9 Å². The van der Waals surface area contributed by atoms with Crippen molar-refractivity contribution in [3.63, 3.8) is 0 Å². The summed E-state index contributed by atoms with van der Waals surface area (Å²) in [5, 5.41) is 2.78. The van der Waals surface area contributed by atoms with Gasteiger partial charge in [-0.3, -0.25) is 0 Å². The predicted octanol–water partition coefficient (Wildman–Crippen LogP) is 2.80. The van der Waals surface area contributed by atoms with Crippen LogP contribution in [0.15, 0.2) is 37.1 Å². The Labute approximate surface area is 108 Å². The maximum Gasteiger partial charge on any atom is 0.419 e. The van der Waals surface area contributed by atoms with Crippen LogP contribution in [-0.2, 0) is 12.7 Å². The third kappa shape index (κ3) is 3.46. The van der Waals surface area contributed by atoms with Gasteiger partial charge in [-0.1, -0.05) is 0 Å². The Morgan fingerprint density at radius 2 is 2.16 bits per heavy atom. The highest BCUT2D eigenvalue weighted by Crippen LogP contribution is 2.33. The van der Waals surface area contributed by atoms with E-state index in [9.17, 15) is 13.2 Å². The average Bonchev–Trinajstić information content (AvgIpc) is 2.81. The lowest BCUT2D eigenvalue weighted by Gasteiger charge is -2.18. The van der Waals surface area contributed by atoms with Crippen LogP contribution in [0.4, 0.5) is 19.0 Å². The number of halogens is 3. The van der Waals surface area contributed by atoms with Crippen LogP contribution in [0, 0.1) is 0 Å². The molecule has 1 atom stereocenters. The second kappa shape index (κ2) is 5.29. The Balaban J connectivity index is 2.10. The number of nitrogens with one attached hydrogen (secondary N) is 1. The zero-order chi connectivity index (χ0) is 13.9. The molecule has 1 unspecified atom stereocenters. The fraction of sp³-hybridized carbons (Fsp3) is 0.333. The normalized spacial score (nSPS) is 13.3. The molecule has 0 bridgehead atoms. The van der Waals surface area contributed by atoms with Crippen molar-refractivity contribution in [2.24, 2.45) is 0 Å². The van der Waals surface area contributed by atoms with Gasteiger partial charge in [0, 0.05) is 31.2 Å². The zero-order valence-corrected chi connectivity index (χ0v) is 10.2. The standard InChI is InChI=1S/C12H13F3N4/c1-9(7-19-6-5-16-8-19)18-11-10(12(13,14)15)3-2-4-17-11/h2-6,8-9H,7H2,1H3,(H,17,18). The van der Waals surface area contributed by atoms with Gasteiger partial charge in [0.05, 0.1) is 11.9 Å². The van der Waals surface area contributed by atoms with Crippen LogP contribution in [0.5, 0.6) is 0 Å². The number of anilines is 1. The molecule has 0 aromatic carbocycles. The molecule has 4 nitrogen and oxygen atoms in total. The summed E-state index contributed by atoms with van der Waals surface area (Å²) in [6, 6.07) is 2.08. The molecule has 2 aromatic rings. The fourth-order valence-electron chi connectivity index (χ4n) is 1.74. The van der Waals surface area contributed by atoms with Gasteiger partial charge in [0.15, 0.2) is 0 Å². The smallest absolute Gasteiger partial charge is 0.365 e. The van der Waals surface area contributed by atoms with Crippen molar-refractivity contribution in [2.45, 2.75) is 25.7 Å². The average molecular weight is 270 g/mol. The van der Waals surface area contributed by atoms with Crippen LogP contribution < -0.4 is 5.32 Å². The lowest BCUT2D eigenvalue weighted by molar-refractivity contribution is -0.137. The third-order valence-electron chi connectivity index (χ3n) is 2.54. The van der Waals surface area contributed by atoms with Crippen molar-refractivity contribution >= 4 is 5.82 Å². The quantitative estimate of drug-likeness (QED) is 0.929. The van der Waals surface area contributed by atoms with Crippen LogP contribution in [0.3, 0.4) is 0 Å². The first-order valence-electron chi connectivity index (χ1n) is 5.71. The maximum atomic E-state index is 12.8. The van der Waals surface area contributed by atoms with Gasteiger partial charge in [-0.25, -0.2) is 9.97 Å². The molecule has 0 saturated heterocycles. The molecule has 2 aromatic heterocycles. The van der Waals surface area contributed by atoms with Crippen LogP contribution in [0.2, 0.25) is 0 Å². The molecule has 102 valence electrons. The highest BCUT2D eigenvalue weighted by molar-refractivity contribution is 5.46. The molecule has 0 aliphatic heterocycles. The summed E-state index contributed by atoms with van der Waals surface area (Å²) in [6.45, 7) is 2.29. The van der Waals surface area contributed by atoms with Gasteiger partial charge in [-0.2, -0.15) is 13.2 Å². The molecular formula is C12H13F3N4. The van der Waals surface area contributed by atoms with E-state index in [1.54, 1.807) is 30.2 Å². The van der Waals surface area contributed by atoms with Gasteiger partial charge in [-0.15, -0.1) is 0 Å². The second-order valence-corrected chi connectivity index (χ2v) is 4.20. The highest BCUT2D eigenvalue weighted by Gasteiger charge is 2.34. The second-order valence-electron chi connectivity index (χ2n) is 4.20. The van der Waals surface area contributed by atoms with Crippen molar-refractivity contribution < 1.29 is 13.2 Å². The van der Waals surface area contributed by atoms with E-state index in [1.165, 1.54) is 12.3 Å². The Bertz CT molecular complexity index is 522. The summed E-state index contributed by atoms with van der Waals surface area (Å²) in [6.07, 6.45) is 1.91. The first-order valence-corrected chi connectivity index (χ1v) is 5.71. The first kappa shape index (κ1) is 13.4. The Hall–Kier alpha value is -2.05. The van der Waals surface area contributed by atoms with E-state index in [2.05, 4.69) is 15.3 Å². The minimum atomic E-state index is -4.41. The van der Waals surface area contributed by atoms with Crippen molar-refractivity contribution in [3.05, 3.63) is 42.6 Å². The summed E-state index contributed by atoms with van der Waals surface area (Å²) >= 11 is 0. The summed E-state index contributed by atoms with van der Waals surface area (Å²) in [4.78, 5) is 7.64. The van der Waals surface area contributed by atoms with Crippen molar-refractivity contribution in [3.8, 4) is 0 Å². The number of pyridine rings is 1. The Morgan fingerprint density at radius 1 is 1.37 bits per heavy atom. The molecule has 7 heteroatoms. The molecule has 0 fully saturated rings. The topological polar surface area (TPSA) is 42.7 Å². The summed E-state index contributed by atoms with van der Waals surface area (Å²) in [7, 11) is 0. The van der Waals surface area contributed by atoms with Crippen molar-refractivity contribution in [2.75, 3.05) is 5.32 Å². The number of rotatable bonds is 4. The Kier molecular flexibility index (Phi) is 3.73. The number of nitrogens with zero attached hydrogens (tertiary/aromatic N) is 3. The molecule has 0 amide bonds. The third-order valence-corrected chi connectivity index (χ3v) is 2.54. The summed E-state index contributed by atoms with van der Waals surface area (Å²) in [5.41, 5.74) is -0.757. The number of aromatic nitrogens is 3. The van der Waals surface area contributed by atoms with Gasteiger partial charge in [0.2, 0.25) is 0 Å². The van der Waals surface area contributed by atoms with E-state index in [0.717, 1.165) is 6.07 Å². The van der Waals surface area contributed by atoms with E-state index < -0.39 is 11.7 Å². The van der Waals surface area contributed by atoms with Gasteiger partial charge < -0.3 is 9.88 Å². The minimum Gasteiger partial charge on any atom is -0.365 e. The van der Waals surface area contributed by atoms with E-state index in [0.29, 0.717) is 6.54 Å². The van der Waals surface area contributed by atoms with E-state index in [4.69, 9.17) is 0 Å². The molecule has 0 radical (unpaired) electrons. The molecule has 19 heavy (non-hydrogen) atoms. The lowest BCUT2D eigenvalue weighted by Crippen LogP contribution is -2.24. The highest BCUT2D eigenvalue weighted by atomic mass is 19.4. The molecular weight excluding hydrogens is 257 g/mol. The van der Waals surface area contributed by atoms with Crippen molar-refractivity contribution in [1.82, 2.24) is 14.5 Å². The predicted molar refractivity (Wildman–Crippen MR) is 64.6 cm³/mol. The molecule has 2 rings (SSSR count). The first-order chi connectivity index (χ1) is 8.97. The van der Waals surface area contributed by atoms with Gasteiger partial charge >= 0.3 is 6.18 Å². The van der Waals surface area contributed by atoms with Crippen molar-refractivity contribution in [1.29, 1.82) is 0 Å². The molecule has 0 saturated carbocycles. The summed E-state index contributed by atoms with van der Waals surface area (Å²) < 4.78 is 40.1. The van der Waals surface area contributed by atoms with Crippen LogP contribution in [0.1, 0.15) is 12.5 Å².